The van der Waals surface area contributed by atoms with Crippen molar-refractivity contribution in [3.05, 3.63) is 35.9 Å². The molecule has 0 aliphatic carbocycles. The molecule has 0 aliphatic rings. The number of nitrogens with one attached hydrogen (secondary N) is 1. The van der Waals surface area contributed by atoms with E-state index in [4.69, 9.17) is 13.9 Å². The number of amides is 2. The maximum absolute atomic E-state index is 12.7. The summed E-state index contributed by atoms with van der Waals surface area (Å²) in [6, 6.07) is 8.38. The van der Waals surface area contributed by atoms with Gasteiger partial charge >= 0.3 is 18.2 Å². The van der Waals surface area contributed by atoms with Crippen LogP contribution in [-0.4, -0.2) is 67.8 Å². The number of rotatable bonds is 10. The van der Waals surface area contributed by atoms with Crippen molar-refractivity contribution < 1.29 is 33.4 Å². The van der Waals surface area contributed by atoms with Gasteiger partial charge in [-0.3, -0.25) is 9.69 Å². The number of carbonyl (C=O) groups is 3. The molecule has 0 spiro atoms. The first-order valence-corrected chi connectivity index (χ1v) is 14.2. The van der Waals surface area contributed by atoms with Crippen LogP contribution in [0.3, 0.4) is 0 Å². The second kappa shape index (κ2) is 12.2. The van der Waals surface area contributed by atoms with E-state index in [0.29, 0.717) is 0 Å². The van der Waals surface area contributed by atoms with Gasteiger partial charge < -0.3 is 24.3 Å². The summed E-state index contributed by atoms with van der Waals surface area (Å²) in [5.74, 6) is -1.20. The average molecular weight is 497 g/mol. The van der Waals surface area contributed by atoms with Gasteiger partial charge in [0.2, 0.25) is 0 Å². The molecular weight excluding hydrogens is 456 g/mol. The standard InChI is InChI=1S/C24H40N2O7Si/c1-23(2,3)33-21(29)25-19(17-32-34(7,8)24(4,5)6)14-26(15-20(27)28)22(30)31-16-18-12-10-9-11-13-18/h9-13,19H,14-17H2,1-8H3,(H,25,29)(H,27,28). The number of carboxylic acid groups (broad SMARTS) is 1. The predicted molar refractivity (Wildman–Crippen MR) is 132 cm³/mol. The zero-order valence-corrected chi connectivity index (χ0v) is 22.6. The average Bonchev–Trinajstić information content (AvgIpc) is 2.68. The molecule has 1 aromatic rings. The van der Waals surface area contributed by atoms with E-state index in [9.17, 15) is 19.5 Å². The third kappa shape index (κ3) is 11.0. The van der Waals surface area contributed by atoms with Gasteiger partial charge in [-0.1, -0.05) is 51.1 Å². The molecule has 192 valence electrons. The number of ether oxygens (including phenoxy) is 2. The molecule has 34 heavy (non-hydrogen) atoms. The molecular formula is C24H40N2O7Si. The van der Waals surface area contributed by atoms with Gasteiger partial charge in [-0.15, -0.1) is 0 Å². The topological polar surface area (TPSA) is 114 Å². The van der Waals surface area contributed by atoms with Crippen molar-refractivity contribution in [1.82, 2.24) is 10.2 Å². The molecule has 1 rings (SSSR count). The first kappa shape index (κ1) is 29.4. The molecule has 1 atom stereocenters. The second-order valence-electron chi connectivity index (χ2n) is 10.7. The number of benzene rings is 1. The van der Waals surface area contributed by atoms with Gasteiger partial charge in [0, 0.05) is 6.54 Å². The summed E-state index contributed by atoms with van der Waals surface area (Å²) >= 11 is 0. The first-order valence-electron chi connectivity index (χ1n) is 11.3. The maximum Gasteiger partial charge on any atom is 0.410 e. The summed E-state index contributed by atoms with van der Waals surface area (Å²) in [5.41, 5.74) is 0.0559. The summed E-state index contributed by atoms with van der Waals surface area (Å²) in [4.78, 5) is 37.7. The molecule has 0 fully saturated rings. The van der Waals surface area contributed by atoms with Crippen molar-refractivity contribution in [3.8, 4) is 0 Å². The SMILES string of the molecule is CC(C)(C)OC(=O)NC(CO[Si](C)(C)C(C)(C)C)CN(CC(=O)O)C(=O)OCc1ccccc1. The van der Waals surface area contributed by atoms with Crippen LogP contribution in [-0.2, 0) is 25.3 Å². The number of carbonyl (C=O) groups excluding carboxylic acids is 2. The molecule has 0 bridgehead atoms. The number of alkyl carbamates (subject to hydrolysis) is 1. The highest BCUT2D eigenvalue weighted by Crippen LogP contribution is 2.36. The lowest BCUT2D eigenvalue weighted by molar-refractivity contribution is -0.138. The Morgan fingerprint density at radius 1 is 1.06 bits per heavy atom. The van der Waals surface area contributed by atoms with Crippen LogP contribution < -0.4 is 5.32 Å². The maximum atomic E-state index is 12.7. The van der Waals surface area contributed by atoms with Crippen LogP contribution in [0.2, 0.25) is 18.1 Å². The summed E-state index contributed by atoms with van der Waals surface area (Å²) in [6.45, 7) is 15.0. The van der Waals surface area contributed by atoms with E-state index in [1.807, 2.05) is 18.2 Å². The van der Waals surface area contributed by atoms with Gasteiger partial charge in [0.1, 0.15) is 18.8 Å². The summed E-state index contributed by atoms with van der Waals surface area (Å²) < 4.78 is 16.9. The molecule has 2 amide bonds. The number of hydrogen-bond donors (Lipinski definition) is 2. The van der Waals surface area contributed by atoms with Crippen LogP contribution in [0.5, 0.6) is 0 Å². The fraction of sp³-hybridized carbons (Fsp3) is 0.625. The molecule has 0 aromatic heterocycles. The van der Waals surface area contributed by atoms with E-state index in [-0.39, 0.29) is 24.8 Å². The molecule has 1 aromatic carbocycles. The normalized spacial score (nSPS) is 13.1. The van der Waals surface area contributed by atoms with E-state index < -0.39 is 44.7 Å². The Bertz CT molecular complexity index is 817. The minimum Gasteiger partial charge on any atom is -0.480 e. The highest BCUT2D eigenvalue weighted by molar-refractivity contribution is 6.74. The van der Waals surface area contributed by atoms with Gasteiger partial charge in [0.15, 0.2) is 8.32 Å². The third-order valence-electron chi connectivity index (χ3n) is 5.40. The van der Waals surface area contributed by atoms with Gasteiger partial charge in [-0.25, -0.2) is 9.59 Å². The molecule has 1 unspecified atom stereocenters. The van der Waals surface area contributed by atoms with Crippen LogP contribution >= 0.6 is 0 Å². The van der Waals surface area contributed by atoms with E-state index in [0.717, 1.165) is 10.5 Å². The summed E-state index contributed by atoms with van der Waals surface area (Å²) in [5, 5.41) is 12.0. The number of carboxylic acids is 1. The van der Waals surface area contributed by atoms with E-state index in [1.54, 1.807) is 32.9 Å². The Morgan fingerprint density at radius 3 is 2.15 bits per heavy atom. The van der Waals surface area contributed by atoms with Crippen LogP contribution in [0.25, 0.3) is 0 Å². The van der Waals surface area contributed by atoms with Crippen molar-refractivity contribution in [2.24, 2.45) is 0 Å². The molecule has 9 nitrogen and oxygen atoms in total. The molecule has 2 N–H and O–H groups in total. The zero-order valence-electron chi connectivity index (χ0n) is 21.6. The zero-order chi connectivity index (χ0) is 26.2. The lowest BCUT2D eigenvalue weighted by Gasteiger charge is -2.38. The Hall–Kier alpha value is -2.59. The minimum absolute atomic E-state index is 0.000419. The van der Waals surface area contributed by atoms with Crippen LogP contribution in [0, 0.1) is 0 Å². The molecule has 0 saturated carbocycles. The highest BCUT2D eigenvalue weighted by atomic mass is 28.4. The smallest absolute Gasteiger partial charge is 0.410 e. The van der Waals surface area contributed by atoms with Gasteiger partial charge in [-0.2, -0.15) is 0 Å². The molecule has 0 heterocycles. The number of hydrogen-bond acceptors (Lipinski definition) is 6. The van der Waals surface area contributed by atoms with Crippen molar-refractivity contribution in [2.75, 3.05) is 19.7 Å². The Morgan fingerprint density at radius 2 is 1.65 bits per heavy atom. The van der Waals surface area contributed by atoms with Crippen LogP contribution in [0.15, 0.2) is 30.3 Å². The second-order valence-corrected chi connectivity index (χ2v) is 15.5. The monoisotopic (exact) mass is 496 g/mol. The lowest BCUT2D eigenvalue weighted by atomic mass is 10.2. The Kier molecular flexibility index (Phi) is 10.6. The van der Waals surface area contributed by atoms with E-state index in [2.05, 4.69) is 39.2 Å². The van der Waals surface area contributed by atoms with Crippen molar-refractivity contribution >= 4 is 26.5 Å². The lowest BCUT2D eigenvalue weighted by Crippen LogP contribution is -2.52. The third-order valence-corrected chi connectivity index (χ3v) is 9.90. The number of nitrogens with zero attached hydrogens (tertiary/aromatic N) is 1. The predicted octanol–water partition coefficient (Wildman–Crippen LogP) is 4.62. The molecule has 0 saturated heterocycles. The van der Waals surface area contributed by atoms with E-state index in [1.165, 1.54) is 0 Å². The first-order chi connectivity index (χ1) is 15.5. The molecule has 0 radical (unpaired) electrons. The quantitative estimate of drug-likeness (QED) is 0.454. The highest BCUT2D eigenvalue weighted by Gasteiger charge is 2.38. The fourth-order valence-electron chi connectivity index (χ4n) is 2.58. The van der Waals surface area contributed by atoms with Crippen LogP contribution in [0.1, 0.15) is 47.1 Å². The van der Waals surface area contributed by atoms with Crippen molar-refractivity contribution in [1.29, 1.82) is 0 Å². The fourth-order valence-corrected chi connectivity index (χ4v) is 3.63. The summed E-state index contributed by atoms with van der Waals surface area (Å²) in [7, 11) is -2.18. The minimum atomic E-state index is -2.18. The van der Waals surface area contributed by atoms with E-state index >= 15 is 0 Å². The molecule has 0 aliphatic heterocycles. The van der Waals surface area contributed by atoms with Crippen molar-refractivity contribution in [2.45, 2.75) is 77.9 Å². The Labute approximate surface area is 203 Å². The summed E-state index contributed by atoms with van der Waals surface area (Å²) in [6.07, 6.45) is -1.47. The Balaban J connectivity index is 2.99. The largest absolute Gasteiger partial charge is 0.480 e. The van der Waals surface area contributed by atoms with Gasteiger partial charge in [0.05, 0.1) is 12.6 Å². The van der Waals surface area contributed by atoms with Gasteiger partial charge in [0.25, 0.3) is 0 Å². The van der Waals surface area contributed by atoms with Gasteiger partial charge in [-0.05, 0) is 44.5 Å². The molecule has 10 heteroatoms. The number of aliphatic carboxylic acids is 1. The van der Waals surface area contributed by atoms with Crippen LogP contribution in [0.4, 0.5) is 9.59 Å². The van der Waals surface area contributed by atoms with Crippen molar-refractivity contribution in [3.63, 3.8) is 0 Å².